The summed E-state index contributed by atoms with van der Waals surface area (Å²) in [5, 5.41) is 9.11. The molecule has 0 aromatic rings. The van der Waals surface area contributed by atoms with E-state index in [0.29, 0.717) is 32.2 Å². The molecular weight excluding hydrogens is 230 g/mol. The van der Waals surface area contributed by atoms with Gasteiger partial charge in [-0.2, -0.15) is 0 Å². The first-order chi connectivity index (χ1) is 8.69. The highest BCUT2D eigenvalue weighted by atomic mass is 16.3. The molecule has 0 saturated heterocycles. The molecule has 0 bridgehead atoms. The van der Waals surface area contributed by atoms with Gasteiger partial charge >= 0.3 is 0 Å². The smallest absolute Gasteiger partial charge is 0.236 e. The van der Waals surface area contributed by atoms with Gasteiger partial charge in [-0.1, -0.05) is 12.8 Å². The molecule has 0 aliphatic heterocycles. The van der Waals surface area contributed by atoms with E-state index >= 15 is 0 Å². The molecule has 1 aliphatic carbocycles. The highest BCUT2D eigenvalue weighted by molar-refractivity contribution is 5.78. The van der Waals surface area contributed by atoms with Crippen LogP contribution in [0.25, 0.3) is 0 Å². The largest absolute Gasteiger partial charge is 0.395 e. The molecule has 106 valence electrons. The monoisotopic (exact) mass is 257 g/mol. The molecule has 1 aliphatic rings. The summed E-state index contributed by atoms with van der Waals surface area (Å²) in [6.07, 6.45) is 5.62. The lowest BCUT2D eigenvalue weighted by atomic mass is 10.2. The van der Waals surface area contributed by atoms with Gasteiger partial charge in [0.1, 0.15) is 0 Å². The normalized spacial score (nSPS) is 16.4. The van der Waals surface area contributed by atoms with E-state index in [2.05, 4.69) is 4.90 Å². The first-order valence-electron chi connectivity index (χ1n) is 6.98. The predicted octanol–water partition coefficient (Wildman–Crippen LogP) is 0.0305. The number of hydrogen-bond acceptors (Lipinski definition) is 4. The molecule has 3 N–H and O–H groups in total. The maximum atomic E-state index is 12.1. The lowest BCUT2D eigenvalue weighted by Gasteiger charge is -2.29. The van der Waals surface area contributed by atoms with Gasteiger partial charge in [-0.05, 0) is 25.8 Å². The standard InChI is InChI=1S/C13H27N3O2/c1-15(8-4-7-14)13(18)11-16(9-10-17)12-5-2-3-6-12/h12,17H,2-11,14H2,1H3. The number of nitrogens with two attached hydrogens (primary N) is 1. The first-order valence-corrected chi connectivity index (χ1v) is 6.98. The summed E-state index contributed by atoms with van der Waals surface area (Å²) in [7, 11) is 1.82. The van der Waals surface area contributed by atoms with Crippen molar-refractivity contribution < 1.29 is 9.90 Å². The van der Waals surface area contributed by atoms with Crippen molar-refractivity contribution in [1.29, 1.82) is 0 Å². The SMILES string of the molecule is CN(CCCN)C(=O)CN(CCO)C1CCCC1. The van der Waals surface area contributed by atoms with Crippen molar-refractivity contribution in [3.05, 3.63) is 0 Å². The van der Waals surface area contributed by atoms with Crippen LogP contribution < -0.4 is 5.73 Å². The number of carbonyl (C=O) groups is 1. The minimum absolute atomic E-state index is 0.121. The van der Waals surface area contributed by atoms with Crippen LogP contribution in [0.4, 0.5) is 0 Å². The van der Waals surface area contributed by atoms with Gasteiger partial charge in [0.05, 0.1) is 13.2 Å². The Bertz CT molecular complexity index is 242. The van der Waals surface area contributed by atoms with E-state index < -0.39 is 0 Å². The van der Waals surface area contributed by atoms with Crippen molar-refractivity contribution >= 4 is 5.91 Å². The number of aliphatic hydroxyl groups excluding tert-OH is 1. The zero-order valence-corrected chi connectivity index (χ0v) is 11.5. The number of rotatable bonds is 8. The molecule has 1 amide bonds. The molecule has 0 atom stereocenters. The third kappa shape index (κ3) is 4.92. The number of hydrogen-bond donors (Lipinski definition) is 2. The van der Waals surface area contributed by atoms with E-state index in [1.54, 1.807) is 4.90 Å². The molecule has 1 fully saturated rings. The summed E-state index contributed by atoms with van der Waals surface area (Å²) in [4.78, 5) is 15.9. The van der Waals surface area contributed by atoms with E-state index in [4.69, 9.17) is 10.8 Å². The van der Waals surface area contributed by atoms with Crippen LogP contribution in [0.15, 0.2) is 0 Å². The van der Waals surface area contributed by atoms with Crippen LogP contribution in [0, 0.1) is 0 Å². The summed E-state index contributed by atoms with van der Waals surface area (Å²) < 4.78 is 0. The Morgan fingerprint density at radius 1 is 1.33 bits per heavy atom. The highest BCUT2D eigenvalue weighted by Gasteiger charge is 2.24. The molecule has 0 spiro atoms. The van der Waals surface area contributed by atoms with E-state index in [-0.39, 0.29) is 12.5 Å². The third-order valence-corrected chi connectivity index (χ3v) is 3.69. The van der Waals surface area contributed by atoms with Gasteiger partial charge in [0.15, 0.2) is 0 Å². The highest BCUT2D eigenvalue weighted by Crippen LogP contribution is 2.23. The quantitative estimate of drug-likeness (QED) is 0.644. The molecule has 0 unspecified atom stereocenters. The molecule has 5 nitrogen and oxygen atoms in total. The minimum Gasteiger partial charge on any atom is -0.395 e. The third-order valence-electron chi connectivity index (χ3n) is 3.69. The maximum absolute atomic E-state index is 12.1. The molecule has 0 heterocycles. The number of amides is 1. The van der Waals surface area contributed by atoms with E-state index in [1.807, 2.05) is 7.05 Å². The molecule has 0 radical (unpaired) electrons. The number of aliphatic hydroxyl groups is 1. The van der Waals surface area contributed by atoms with Crippen LogP contribution in [0.2, 0.25) is 0 Å². The Kier molecular flexibility index (Phi) is 7.23. The molecule has 18 heavy (non-hydrogen) atoms. The van der Waals surface area contributed by atoms with Crippen LogP contribution >= 0.6 is 0 Å². The lowest BCUT2D eigenvalue weighted by Crippen LogP contribution is -2.44. The molecule has 1 saturated carbocycles. The second-order valence-electron chi connectivity index (χ2n) is 5.09. The van der Waals surface area contributed by atoms with E-state index in [0.717, 1.165) is 19.3 Å². The fourth-order valence-electron chi connectivity index (χ4n) is 2.54. The van der Waals surface area contributed by atoms with Gasteiger partial charge in [-0.3, -0.25) is 9.69 Å². The van der Waals surface area contributed by atoms with Crippen molar-refractivity contribution in [3.8, 4) is 0 Å². The zero-order valence-electron chi connectivity index (χ0n) is 11.5. The summed E-state index contributed by atoms with van der Waals surface area (Å²) in [6, 6.07) is 0.476. The van der Waals surface area contributed by atoms with Gasteiger partial charge < -0.3 is 15.7 Å². The van der Waals surface area contributed by atoms with Crippen molar-refractivity contribution in [2.75, 3.05) is 39.8 Å². The van der Waals surface area contributed by atoms with Crippen LogP contribution in [0.1, 0.15) is 32.1 Å². The van der Waals surface area contributed by atoms with Crippen molar-refractivity contribution in [2.45, 2.75) is 38.1 Å². The fourth-order valence-corrected chi connectivity index (χ4v) is 2.54. The molecule has 0 aromatic carbocycles. The zero-order chi connectivity index (χ0) is 13.4. The summed E-state index contributed by atoms with van der Waals surface area (Å²) in [6.45, 7) is 2.47. The number of likely N-dealkylation sites (N-methyl/N-ethyl adjacent to an activating group) is 1. The van der Waals surface area contributed by atoms with Gasteiger partial charge in [-0.15, -0.1) is 0 Å². The second kappa shape index (κ2) is 8.45. The lowest BCUT2D eigenvalue weighted by molar-refractivity contribution is -0.131. The molecule has 5 heteroatoms. The van der Waals surface area contributed by atoms with Gasteiger partial charge in [0.25, 0.3) is 0 Å². The van der Waals surface area contributed by atoms with Crippen LogP contribution in [-0.4, -0.2) is 66.7 Å². The maximum Gasteiger partial charge on any atom is 0.236 e. The average Bonchev–Trinajstić information content (AvgIpc) is 2.89. The molecular formula is C13H27N3O2. The minimum atomic E-state index is 0.121. The predicted molar refractivity (Wildman–Crippen MR) is 72.2 cm³/mol. The van der Waals surface area contributed by atoms with Crippen LogP contribution in [-0.2, 0) is 4.79 Å². The molecule has 0 aromatic heterocycles. The average molecular weight is 257 g/mol. The summed E-state index contributed by atoms with van der Waals surface area (Å²) in [5.41, 5.74) is 5.44. The molecule has 1 rings (SSSR count). The van der Waals surface area contributed by atoms with Crippen molar-refractivity contribution in [2.24, 2.45) is 5.73 Å². The van der Waals surface area contributed by atoms with E-state index in [9.17, 15) is 4.79 Å². The first kappa shape index (κ1) is 15.4. The second-order valence-corrected chi connectivity index (χ2v) is 5.09. The summed E-state index contributed by atoms with van der Waals surface area (Å²) in [5.74, 6) is 0.129. The van der Waals surface area contributed by atoms with Gasteiger partial charge in [0.2, 0.25) is 5.91 Å². The Labute approximate surface area is 110 Å². The Morgan fingerprint density at radius 3 is 2.56 bits per heavy atom. The van der Waals surface area contributed by atoms with Gasteiger partial charge in [0, 0.05) is 26.2 Å². The van der Waals surface area contributed by atoms with Gasteiger partial charge in [-0.25, -0.2) is 0 Å². The Balaban J connectivity index is 2.41. The Hall–Kier alpha value is -0.650. The fraction of sp³-hybridized carbons (Fsp3) is 0.923. The summed E-state index contributed by atoms with van der Waals surface area (Å²) >= 11 is 0. The Morgan fingerprint density at radius 2 is 2.00 bits per heavy atom. The van der Waals surface area contributed by atoms with Crippen molar-refractivity contribution in [1.82, 2.24) is 9.80 Å². The van der Waals surface area contributed by atoms with Crippen LogP contribution in [0.3, 0.4) is 0 Å². The number of carbonyl (C=O) groups excluding carboxylic acids is 1. The van der Waals surface area contributed by atoms with Crippen LogP contribution in [0.5, 0.6) is 0 Å². The van der Waals surface area contributed by atoms with E-state index in [1.165, 1.54) is 12.8 Å². The topological polar surface area (TPSA) is 69.8 Å². The number of nitrogens with zero attached hydrogens (tertiary/aromatic N) is 2. The van der Waals surface area contributed by atoms with Crippen molar-refractivity contribution in [3.63, 3.8) is 0 Å².